The van der Waals surface area contributed by atoms with E-state index in [4.69, 9.17) is 5.11 Å². The van der Waals surface area contributed by atoms with Crippen molar-refractivity contribution in [1.82, 2.24) is 9.97 Å². The van der Waals surface area contributed by atoms with Crippen LogP contribution in [0.2, 0.25) is 0 Å². The van der Waals surface area contributed by atoms with E-state index >= 15 is 0 Å². The number of aliphatic hydroxyl groups excluding tert-OH is 1. The molecular formula is C9H11N3O. The largest absolute Gasteiger partial charge is 0.389 e. The van der Waals surface area contributed by atoms with Crippen molar-refractivity contribution in [3.05, 3.63) is 24.7 Å². The van der Waals surface area contributed by atoms with Crippen LogP contribution >= 0.6 is 0 Å². The third kappa shape index (κ3) is 1.53. The smallest absolute Gasteiger partial charge is 0.153 e. The van der Waals surface area contributed by atoms with Gasteiger partial charge in [-0.2, -0.15) is 0 Å². The Morgan fingerprint density at radius 1 is 1.62 bits per heavy atom. The Hall–Kier alpha value is -1.42. The number of rotatable bonds is 2. The lowest BCUT2D eigenvalue weighted by Gasteiger charge is -2.36. The fraction of sp³-hybridized carbons (Fsp3) is 0.333. The number of anilines is 1. The summed E-state index contributed by atoms with van der Waals surface area (Å²) >= 11 is 0. The maximum atomic E-state index is 9.10. The average Bonchev–Trinajstić information content (AvgIpc) is 2.13. The Bertz CT molecular complexity index is 320. The van der Waals surface area contributed by atoms with Crippen LogP contribution in [0.25, 0.3) is 6.08 Å². The van der Waals surface area contributed by atoms with Crippen LogP contribution in [0.3, 0.4) is 0 Å². The van der Waals surface area contributed by atoms with Crippen LogP contribution in [-0.4, -0.2) is 34.3 Å². The van der Waals surface area contributed by atoms with Gasteiger partial charge in [-0.05, 0) is 12.1 Å². The molecule has 0 unspecified atom stereocenters. The van der Waals surface area contributed by atoms with Crippen LogP contribution in [0.4, 0.5) is 5.82 Å². The van der Waals surface area contributed by atoms with E-state index in [1.165, 1.54) is 0 Å². The third-order valence-corrected chi connectivity index (χ3v) is 2.03. The average molecular weight is 177 g/mol. The Labute approximate surface area is 76.6 Å². The normalized spacial score (nSPS) is 16.8. The quantitative estimate of drug-likeness (QED) is 0.706. The summed E-state index contributed by atoms with van der Waals surface area (Å²) in [5.41, 5.74) is 0. The predicted octanol–water partition coefficient (Wildman–Crippen LogP) is 0.301. The van der Waals surface area contributed by atoms with Gasteiger partial charge in [-0.3, -0.25) is 0 Å². The summed E-state index contributed by atoms with van der Waals surface area (Å²) in [6, 6.07) is 1.83. The minimum atomic E-state index is -0.206. The van der Waals surface area contributed by atoms with Crippen molar-refractivity contribution < 1.29 is 5.11 Å². The second-order valence-electron chi connectivity index (χ2n) is 3.04. The van der Waals surface area contributed by atoms with Crippen molar-refractivity contribution in [3.8, 4) is 0 Å². The first-order chi connectivity index (χ1) is 6.29. The molecule has 0 aromatic carbocycles. The van der Waals surface area contributed by atoms with Gasteiger partial charge in [0.1, 0.15) is 5.82 Å². The summed E-state index contributed by atoms with van der Waals surface area (Å²) in [5.74, 6) is 1.48. The van der Waals surface area contributed by atoms with Gasteiger partial charge in [-0.1, -0.05) is 6.58 Å². The molecule has 68 valence electrons. The van der Waals surface area contributed by atoms with E-state index in [1.807, 2.05) is 11.0 Å². The monoisotopic (exact) mass is 177 g/mol. The van der Waals surface area contributed by atoms with Gasteiger partial charge in [0.05, 0.1) is 6.10 Å². The summed E-state index contributed by atoms with van der Waals surface area (Å²) in [6.07, 6.45) is 3.10. The van der Waals surface area contributed by atoms with E-state index in [2.05, 4.69) is 16.5 Å². The number of aliphatic hydroxyl groups is 1. The molecule has 1 fully saturated rings. The first kappa shape index (κ1) is 8.19. The molecule has 2 rings (SSSR count). The van der Waals surface area contributed by atoms with Gasteiger partial charge in [0.15, 0.2) is 5.82 Å². The molecule has 2 heterocycles. The molecular weight excluding hydrogens is 166 g/mol. The van der Waals surface area contributed by atoms with Crippen molar-refractivity contribution in [2.45, 2.75) is 6.10 Å². The van der Waals surface area contributed by atoms with E-state index in [9.17, 15) is 0 Å². The highest BCUT2D eigenvalue weighted by atomic mass is 16.3. The number of nitrogens with zero attached hydrogens (tertiary/aromatic N) is 3. The van der Waals surface area contributed by atoms with Crippen LogP contribution in [0, 0.1) is 0 Å². The zero-order chi connectivity index (χ0) is 9.26. The van der Waals surface area contributed by atoms with Gasteiger partial charge in [0, 0.05) is 19.3 Å². The van der Waals surface area contributed by atoms with Gasteiger partial charge < -0.3 is 10.0 Å². The highest BCUT2D eigenvalue weighted by Crippen LogP contribution is 2.17. The summed E-state index contributed by atoms with van der Waals surface area (Å²) in [4.78, 5) is 10.2. The Morgan fingerprint density at radius 3 is 3.00 bits per heavy atom. The number of aromatic nitrogens is 2. The summed E-state index contributed by atoms with van der Waals surface area (Å²) < 4.78 is 0. The highest BCUT2D eigenvalue weighted by molar-refractivity contribution is 5.46. The molecule has 1 aliphatic heterocycles. The van der Waals surface area contributed by atoms with E-state index in [0.717, 1.165) is 5.82 Å². The van der Waals surface area contributed by atoms with Crippen LogP contribution < -0.4 is 4.90 Å². The second-order valence-corrected chi connectivity index (χ2v) is 3.04. The number of hydrogen-bond donors (Lipinski definition) is 1. The van der Waals surface area contributed by atoms with Crippen LogP contribution in [0.1, 0.15) is 5.82 Å². The molecule has 4 heteroatoms. The van der Waals surface area contributed by atoms with Gasteiger partial charge >= 0.3 is 0 Å². The molecule has 0 amide bonds. The molecule has 0 saturated carbocycles. The van der Waals surface area contributed by atoms with Gasteiger partial charge in [0.25, 0.3) is 0 Å². The molecule has 0 bridgehead atoms. The van der Waals surface area contributed by atoms with E-state index in [1.54, 1.807) is 12.3 Å². The van der Waals surface area contributed by atoms with Gasteiger partial charge in [-0.25, -0.2) is 9.97 Å². The zero-order valence-corrected chi connectivity index (χ0v) is 7.22. The van der Waals surface area contributed by atoms with Crippen molar-refractivity contribution in [2.75, 3.05) is 18.0 Å². The molecule has 0 atom stereocenters. The Kier molecular flexibility index (Phi) is 1.98. The molecule has 1 aliphatic rings. The molecule has 0 radical (unpaired) electrons. The van der Waals surface area contributed by atoms with E-state index in [0.29, 0.717) is 18.9 Å². The third-order valence-electron chi connectivity index (χ3n) is 2.03. The molecule has 1 saturated heterocycles. The van der Waals surface area contributed by atoms with E-state index < -0.39 is 0 Å². The first-order valence-corrected chi connectivity index (χ1v) is 4.18. The molecule has 1 N–H and O–H groups in total. The molecule has 1 aromatic rings. The van der Waals surface area contributed by atoms with Gasteiger partial charge in [-0.15, -0.1) is 0 Å². The SMILES string of the molecule is C=Cc1nccc(N2CC(O)C2)n1. The van der Waals surface area contributed by atoms with Crippen molar-refractivity contribution in [1.29, 1.82) is 0 Å². The first-order valence-electron chi connectivity index (χ1n) is 4.18. The Morgan fingerprint density at radius 2 is 2.38 bits per heavy atom. The van der Waals surface area contributed by atoms with Crippen LogP contribution in [-0.2, 0) is 0 Å². The Balaban J connectivity index is 2.16. The predicted molar refractivity (Wildman–Crippen MR) is 50.3 cm³/mol. The van der Waals surface area contributed by atoms with Crippen LogP contribution in [0.15, 0.2) is 18.8 Å². The maximum absolute atomic E-state index is 9.10. The number of hydrogen-bond acceptors (Lipinski definition) is 4. The molecule has 0 spiro atoms. The fourth-order valence-corrected chi connectivity index (χ4v) is 1.28. The number of β-amino-alcohol motifs (C(OH)–C–C–N with tert-alkyl or cyclic N) is 1. The summed E-state index contributed by atoms with van der Waals surface area (Å²) in [6.45, 7) is 4.92. The molecule has 4 nitrogen and oxygen atoms in total. The lowest BCUT2D eigenvalue weighted by atomic mass is 10.2. The molecule has 1 aromatic heterocycles. The highest BCUT2D eigenvalue weighted by Gasteiger charge is 2.25. The lowest BCUT2D eigenvalue weighted by Crippen LogP contribution is -2.51. The lowest BCUT2D eigenvalue weighted by molar-refractivity contribution is 0.141. The van der Waals surface area contributed by atoms with Crippen LogP contribution in [0.5, 0.6) is 0 Å². The van der Waals surface area contributed by atoms with E-state index in [-0.39, 0.29) is 6.10 Å². The zero-order valence-electron chi connectivity index (χ0n) is 7.22. The standard InChI is InChI=1S/C9H11N3O/c1-2-8-10-4-3-9(11-8)12-5-7(13)6-12/h2-4,7,13H,1,5-6H2. The maximum Gasteiger partial charge on any atom is 0.153 e. The minimum Gasteiger partial charge on any atom is -0.389 e. The van der Waals surface area contributed by atoms with Crippen molar-refractivity contribution in [3.63, 3.8) is 0 Å². The van der Waals surface area contributed by atoms with Crippen molar-refractivity contribution in [2.24, 2.45) is 0 Å². The fourth-order valence-electron chi connectivity index (χ4n) is 1.28. The molecule has 13 heavy (non-hydrogen) atoms. The summed E-state index contributed by atoms with van der Waals surface area (Å²) in [5, 5.41) is 9.10. The summed E-state index contributed by atoms with van der Waals surface area (Å²) in [7, 11) is 0. The van der Waals surface area contributed by atoms with Gasteiger partial charge in [0.2, 0.25) is 0 Å². The second kappa shape index (κ2) is 3.14. The van der Waals surface area contributed by atoms with Crippen molar-refractivity contribution >= 4 is 11.9 Å². The molecule has 0 aliphatic carbocycles. The minimum absolute atomic E-state index is 0.206. The topological polar surface area (TPSA) is 49.2 Å².